The third-order valence-electron chi connectivity index (χ3n) is 2.53. The minimum absolute atomic E-state index is 0.0511. The van der Waals surface area contributed by atoms with Crippen LogP contribution >= 0.6 is 0 Å². The van der Waals surface area contributed by atoms with Gasteiger partial charge in [0, 0.05) is 12.4 Å². The number of furan rings is 1. The second-order valence-electron chi connectivity index (χ2n) is 3.63. The van der Waals surface area contributed by atoms with Crippen LogP contribution in [0.2, 0.25) is 0 Å². The summed E-state index contributed by atoms with van der Waals surface area (Å²) >= 11 is 0. The summed E-state index contributed by atoms with van der Waals surface area (Å²) in [5, 5.41) is 0. The predicted molar refractivity (Wildman–Crippen MR) is 61.3 cm³/mol. The highest BCUT2D eigenvalue weighted by Gasteiger charge is 2.11. The van der Waals surface area contributed by atoms with Crippen LogP contribution in [0, 0.1) is 0 Å². The van der Waals surface area contributed by atoms with Crippen LogP contribution in [-0.2, 0) is 6.42 Å². The zero-order valence-corrected chi connectivity index (χ0v) is 8.97. The molecule has 0 fully saturated rings. The van der Waals surface area contributed by atoms with E-state index in [2.05, 4.69) is 16.5 Å². The highest BCUT2D eigenvalue weighted by Crippen LogP contribution is 2.18. The second kappa shape index (κ2) is 5.44. The first-order valence-electron chi connectivity index (χ1n) is 5.28. The molecule has 2 aromatic rings. The fraction of sp³-hybridized carbons (Fsp3) is 0.250. The van der Waals surface area contributed by atoms with E-state index in [4.69, 9.17) is 10.3 Å². The van der Waals surface area contributed by atoms with E-state index in [9.17, 15) is 0 Å². The van der Waals surface area contributed by atoms with Crippen molar-refractivity contribution in [2.24, 2.45) is 5.84 Å². The van der Waals surface area contributed by atoms with E-state index in [-0.39, 0.29) is 6.04 Å². The van der Waals surface area contributed by atoms with Gasteiger partial charge in [-0.05, 0) is 36.6 Å². The van der Waals surface area contributed by atoms with Crippen molar-refractivity contribution in [3.63, 3.8) is 0 Å². The van der Waals surface area contributed by atoms with Crippen LogP contribution in [0.25, 0.3) is 0 Å². The van der Waals surface area contributed by atoms with E-state index in [0.29, 0.717) is 0 Å². The van der Waals surface area contributed by atoms with Crippen molar-refractivity contribution in [3.05, 3.63) is 54.2 Å². The minimum Gasteiger partial charge on any atom is -0.468 e. The average Bonchev–Trinajstić information content (AvgIpc) is 2.85. The van der Waals surface area contributed by atoms with Gasteiger partial charge in [0.1, 0.15) is 5.76 Å². The van der Waals surface area contributed by atoms with Gasteiger partial charge in [-0.15, -0.1) is 0 Å². The van der Waals surface area contributed by atoms with Crippen LogP contribution in [0.5, 0.6) is 0 Å². The lowest BCUT2D eigenvalue weighted by molar-refractivity contribution is 0.401. The molecule has 4 heteroatoms. The molecule has 0 spiro atoms. The molecule has 2 heterocycles. The van der Waals surface area contributed by atoms with Crippen LogP contribution in [0.1, 0.15) is 23.8 Å². The Balaban J connectivity index is 1.94. The summed E-state index contributed by atoms with van der Waals surface area (Å²) in [6.45, 7) is 0. The number of aryl methyl sites for hydroxylation is 1. The summed E-state index contributed by atoms with van der Waals surface area (Å²) in [6.07, 6.45) is 7.10. The monoisotopic (exact) mass is 217 g/mol. The van der Waals surface area contributed by atoms with Crippen LogP contribution in [0.3, 0.4) is 0 Å². The lowest BCUT2D eigenvalue weighted by Crippen LogP contribution is -2.28. The van der Waals surface area contributed by atoms with Crippen LogP contribution in [-0.4, -0.2) is 4.98 Å². The van der Waals surface area contributed by atoms with Crippen LogP contribution < -0.4 is 11.3 Å². The number of nitrogens with one attached hydrogen (secondary N) is 1. The number of nitrogens with two attached hydrogens (primary N) is 1. The van der Waals surface area contributed by atoms with E-state index in [1.54, 1.807) is 12.5 Å². The van der Waals surface area contributed by atoms with Gasteiger partial charge >= 0.3 is 0 Å². The molecule has 0 saturated carbocycles. The number of hydrogen-bond donors (Lipinski definition) is 2. The maximum absolute atomic E-state index is 5.50. The van der Waals surface area contributed by atoms with Crippen LogP contribution in [0.4, 0.5) is 0 Å². The van der Waals surface area contributed by atoms with Crippen LogP contribution in [0.15, 0.2) is 47.3 Å². The average molecular weight is 217 g/mol. The third-order valence-corrected chi connectivity index (χ3v) is 2.53. The van der Waals surface area contributed by atoms with Gasteiger partial charge < -0.3 is 4.42 Å². The molecule has 0 aliphatic heterocycles. The molecule has 0 bridgehead atoms. The lowest BCUT2D eigenvalue weighted by Gasteiger charge is -2.12. The molecule has 0 aliphatic carbocycles. The fourth-order valence-corrected chi connectivity index (χ4v) is 1.65. The van der Waals surface area contributed by atoms with E-state index < -0.39 is 0 Å². The zero-order valence-electron chi connectivity index (χ0n) is 8.97. The van der Waals surface area contributed by atoms with Crippen molar-refractivity contribution in [3.8, 4) is 0 Å². The molecular formula is C12H15N3O. The van der Waals surface area contributed by atoms with Crippen molar-refractivity contribution in [2.45, 2.75) is 18.9 Å². The highest BCUT2D eigenvalue weighted by atomic mass is 16.3. The predicted octanol–water partition coefficient (Wildman–Crippen LogP) is 1.81. The molecular weight excluding hydrogens is 202 g/mol. The number of pyridine rings is 1. The largest absolute Gasteiger partial charge is 0.468 e. The van der Waals surface area contributed by atoms with Crippen molar-refractivity contribution < 1.29 is 4.42 Å². The Labute approximate surface area is 94.5 Å². The minimum atomic E-state index is 0.0511. The first kappa shape index (κ1) is 10.9. The summed E-state index contributed by atoms with van der Waals surface area (Å²) in [4.78, 5) is 4.08. The molecule has 2 aromatic heterocycles. The first-order chi connectivity index (χ1) is 7.90. The SMILES string of the molecule is NNC(CCc1cccnc1)c1ccco1. The fourth-order valence-electron chi connectivity index (χ4n) is 1.65. The molecule has 16 heavy (non-hydrogen) atoms. The van der Waals surface area contributed by atoms with E-state index in [1.807, 2.05) is 24.4 Å². The smallest absolute Gasteiger partial charge is 0.122 e. The Bertz CT molecular complexity index is 399. The Morgan fingerprint density at radius 3 is 2.94 bits per heavy atom. The lowest BCUT2D eigenvalue weighted by atomic mass is 10.1. The summed E-state index contributed by atoms with van der Waals surface area (Å²) in [5.41, 5.74) is 3.96. The molecule has 0 radical (unpaired) electrons. The number of nitrogens with zero attached hydrogens (tertiary/aromatic N) is 1. The van der Waals surface area contributed by atoms with Gasteiger partial charge in [0.15, 0.2) is 0 Å². The maximum Gasteiger partial charge on any atom is 0.122 e. The molecule has 1 atom stereocenters. The summed E-state index contributed by atoms with van der Waals surface area (Å²) < 4.78 is 5.32. The molecule has 4 nitrogen and oxygen atoms in total. The Hall–Kier alpha value is -1.65. The number of aromatic nitrogens is 1. The topological polar surface area (TPSA) is 64.1 Å². The molecule has 84 valence electrons. The van der Waals surface area contributed by atoms with Gasteiger partial charge in [-0.3, -0.25) is 10.8 Å². The zero-order chi connectivity index (χ0) is 11.2. The number of hydrogen-bond acceptors (Lipinski definition) is 4. The first-order valence-corrected chi connectivity index (χ1v) is 5.28. The van der Waals surface area contributed by atoms with Crippen molar-refractivity contribution >= 4 is 0 Å². The normalized spacial score (nSPS) is 12.6. The molecule has 0 amide bonds. The molecule has 0 aromatic carbocycles. The molecule has 0 saturated heterocycles. The Morgan fingerprint density at radius 2 is 2.31 bits per heavy atom. The molecule has 0 aliphatic rings. The molecule has 3 N–H and O–H groups in total. The van der Waals surface area contributed by atoms with Gasteiger partial charge in [0.05, 0.1) is 12.3 Å². The Morgan fingerprint density at radius 1 is 1.38 bits per heavy atom. The van der Waals surface area contributed by atoms with E-state index >= 15 is 0 Å². The summed E-state index contributed by atoms with van der Waals surface area (Å²) in [5.74, 6) is 6.37. The highest BCUT2D eigenvalue weighted by molar-refractivity contribution is 5.10. The molecule has 1 unspecified atom stereocenters. The van der Waals surface area contributed by atoms with Crippen molar-refractivity contribution in [1.29, 1.82) is 0 Å². The molecule has 2 rings (SSSR count). The number of hydrazine groups is 1. The third kappa shape index (κ3) is 2.68. The van der Waals surface area contributed by atoms with E-state index in [1.165, 1.54) is 5.56 Å². The van der Waals surface area contributed by atoms with E-state index in [0.717, 1.165) is 18.6 Å². The van der Waals surface area contributed by atoms with Gasteiger partial charge in [0.25, 0.3) is 0 Å². The van der Waals surface area contributed by atoms with Gasteiger partial charge in [-0.1, -0.05) is 6.07 Å². The summed E-state index contributed by atoms with van der Waals surface area (Å²) in [6, 6.07) is 7.84. The Kier molecular flexibility index (Phi) is 3.69. The van der Waals surface area contributed by atoms with Crippen molar-refractivity contribution in [2.75, 3.05) is 0 Å². The second-order valence-corrected chi connectivity index (χ2v) is 3.63. The van der Waals surface area contributed by atoms with Gasteiger partial charge in [-0.25, -0.2) is 5.43 Å². The van der Waals surface area contributed by atoms with Gasteiger partial charge in [0.2, 0.25) is 0 Å². The maximum atomic E-state index is 5.50. The summed E-state index contributed by atoms with van der Waals surface area (Å²) in [7, 11) is 0. The number of rotatable bonds is 5. The standard InChI is InChI=1S/C12H15N3O/c13-15-11(12-4-2-8-16-12)6-5-10-3-1-7-14-9-10/h1-4,7-9,11,15H,5-6,13H2. The quantitative estimate of drug-likeness (QED) is 0.592. The van der Waals surface area contributed by atoms with Gasteiger partial charge in [-0.2, -0.15) is 0 Å². The van der Waals surface area contributed by atoms with Crippen molar-refractivity contribution in [1.82, 2.24) is 10.4 Å².